The van der Waals surface area contributed by atoms with Crippen molar-refractivity contribution < 1.29 is 9.53 Å². The first-order valence-corrected chi connectivity index (χ1v) is 2.99. The van der Waals surface area contributed by atoms with Crippen LogP contribution in [0.3, 0.4) is 0 Å². The van der Waals surface area contributed by atoms with Crippen molar-refractivity contribution in [3.63, 3.8) is 0 Å². The van der Waals surface area contributed by atoms with E-state index >= 15 is 0 Å². The SMILES string of the molecule is CCCC1OCC1=O. The summed E-state index contributed by atoms with van der Waals surface area (Å²) in [6.07, 6.45) is 1.90. The van der Waals surface area contributed by atoms with Crippen molar-refractivity contribution in [3.8, 4) is 0 Å². The Kier molecular flexibility index (Phi) is 1.63. The molecule has 0 N–H and O–H groups in total. The molecule has 2 heteroatoms. The highest BCUT2D eigenvalue weighted by molar-refractivity contribution is 5.88. The molecule has 46 valence electrons. The Labute approximate surface area is 48.8 Å². The summed E-state index contributed by atoms with van der Waals surface area (Å²) in [4.78, 5) is 10.5. The second kappa shape index (κ2) is 2.27. The third-order valence-electron chi connectivity index (χ3n) is 1.34. The molecule has 1 heterocycles. The van der Waals surface area contributed by atoms with Gasteiger partial charge in [-0.05, 0) is 6.42 Å². The minimum absolute atomic E-state index is 0.0417. The molecule has 1 atom stereocenters. The van der Waals surface area contributed by atoms with Gasteiger partial charge in [-0.3, -0.25) is 4.79 Å². The Balaban J connectivity index is 2.17. The Hall–Kier alpha value is -0.370. The maximum absolute atomic E-state index is 10.5. The van der Waals surface area contributed by atoms with Crippen molar-refractivity contribution >= 4 is 5.78 Å². The summed E-state index contributed by atoms with van der Waals surface area (Å²) in [7, 11) is 0. The highest BCUT2D eigenvalue weighted by Crippen LogP contribution is 2.11. The first-order valence-electron chi connectivity index (χ1n) is 2.99. The zero-order valence-electron chi connectivity index (χ0n) is 5.02. The molecule has 0 aliphatic carbocycles. The molecule has 1 saturated heterocycles. The third-order valence-corrected chi connectivity index (χ3v) is 1.34. The molecular weight excluding hydrogens is 104 g/mol. The highest BCUT2D eigenvalue weighted by Gasteiger charge is 2.27. The fraction of sp³-hybridized carbons (Fsp3) is 0.833. The molecule has 0 saturated carbocycles. The van der Waals surface area contributed by atoms with Gasteiger partial charge in [-0.2, -0.15) is 0 Å². The number of ketones is 1. The average molecular weight is 114 g/mol. The fourth-order valence-corrected chi connectivity index (χ4v) is 0.776. The zero-order chi connectivity index (χ0) is 5.98. The van der Waals surface area contributed by atoms with Gasteiger partial charge in [0.2, 0.25) is 0 Å². The van der Waals surface area contributed by atoms with E-state index < -0.39 is 0 Å². The minimum Gasteiger partial charge on any atom is -0.362 e. The van der Waals surface area contributed by atoms with Crippen LogP contribution in [-0.2, 0) is 9.53 Å². The minimum atomic E-state index is -0.0417. The van der Waals surface area contributed by atoms with Gasteiger partial charge in [-0.15, -0.1) is 0 Å². The summed E-state index contributed by atoms with van der Waals surface area (Å²) >= 11 is 0. The molecule has 0 radical (unpaired) electrons. The Morgan fingerprint density at radius 1 is 1.88 bits per heavy atom. The van der Waals surface area contributed by atoms with Crippen molar-refractivity contribution in [1.82, 2.24) is 0 Å². The first-order chi connectivity index (χ1) is 3.84. The molecule has 2 nitrogen and oxygen atoms in total. The predicted octanol–water partition coefficient (Wildman–Crippen LogP) is 0.754. The van der Waals surface area contributed by atoms with Gasteiger partial charge in [0, 0.05) is 0 Å². The largest absolute Gasteiger partial charge is 0.362 e. The maximum Gasteiger partial charge on any atom is 0.187 e. The molecule has 0 bridgehead atoms. The molecule has 0 aromatic heterocycles. The predicted molar refractivity (Wildman–Crippen MR) is 29.7 cm³/mol. The topological polar surface area (TPSA) is 26.3 Å². The van der Waals surface area contributed by atoms with Gasteiger partial charge in [0.05, 0.1) is 0 Å². The van der Waals surface area contributed by atoms with Crippen LogP contribution in [0, 0.1) is 0 Å². The zero-order valence-corrected chi connectivity index (χ0v) is 5.02. The van der Waals surface area contributed by atoms with Crippen molar-refractivity contribution in [2.75, 3.05) is 6.61 Å². The van der Waals surface area contributed by atoms with E-state index in [1.165, 1.54) is 0 Å². The van der Waals surface area contributed by atoms with Crippen LogP contribution >= 0.6 is 0 Å². The Morgan fingerprint density at radius 3 is 2.75 bits per heavy atom. The summed E-state index contributed by atoms with van der Waals surface area (Å²) in [6.45, 7) is 2.40. The van der Waals surface area contributed by atoms with Gasteiger partial charge < -0.3 is 4.74 Å². The monoisotopic (exact) mass is 114 g/mol. The summed E-state index contributed by atoms with van der Waals surface area (Å²) in [5, 5.41) is 0. The van der Waals surface area contributed by atoms with Crippen LogP contribution in [0.1, 0.15) is 19.8 Å². The third kappa shape index (κ3) is 0.892. The van der Waals surface area contributed by atoms with E-state index in [4.69, 9.17) is 4.74 Å². The quantitative estimate of drug-likeness (QED) is 0.529. The van der Waals surface area contributed by atoms with E-state index in [0.717, 1.165) is 12.8 Å². The van der Waals surface area contributed by atoms with Gasteiger partial charge in [0.25, 0.3) is 0 Å². The van der Waals surface area contributed by atoms with Crippen molar-refractivity contribution in [1.29, 1.82) is 0 Å². The number of rotatable bonds is 2. The summed E-state index contributed by atoms with van der Waals surface area (Å²) in [5.74, 6) is 0.270. The standard InChI is InChI=1S/C6H10O2/c1-2-3-6-5(7)4-8-6/h6H,2-4H2,1H3. The number of hydrogen-bond acceptors (Lipinski definition) is 2. The van der Waals surface area contributed by atoms with Crippen LogP contribution in [0.25, 0.3) is 0 Å². The highest BCUT2D eigenvalue weighted by atomic mass is 16.5. The molecule has 0 aromatic rings. The van der Waals surface area contributed by atoms with Crippen molar-refractivity contribution in [2.24, 2.45) is 0 Å². The fourth-order valence-electron chi connectivity index (χ4n) is 0.776. The van der Waals surface area contributed by atoms with E-state index in [9.17, 15) is 4.79 Å². The number of Topliss-reactive ketones (excluding diaryl/α,β-unsaturated/α-hetero) is 1. The van der Waals surface area contributed by atoms with Gasteiger partial charge >= 0.3 is 0 Å². The van der Waals surface area contributed by atoms with E-state index in [1.807, 2.05) is 0 Å². The summed E-state index contributed by atoms with van der Waals surface area (Å²) < 4.78 is 4.93. The Morgan fingerprint density at radius 2 is 2.62 bits per heavy atom. The Bertz CT molecular complexity index is 98.7. The molecule has 8 heavy (non-hydrogen) atoms. The summed E-state index contributed by atoms with van der Waals surface area (Å²) in [6, 6.07) is 0. The van der Waals surface area contributed by atoms with Crippen molar-refractivity contribution in [3.05, 3.63) is 0 Å². The lowest BCUT2D eigenvalue weighted by Gasteiger charge is -2.23. The van der Waals surface area contributed by atoms with E-state index in [-0.39, 0.29) is 11.9 Å². The lowest BCUT2D eigenvalue weighted by molar-refractivity contribution is -0.154. The molecule has 1 fully saturated rings. The van der Waals surface area contributed by atoms with Crippen LogP contribution < -0.4 is 0 Å². The van der Waals surface area contributed by atoms with E-state index in [0.29, 0.717) is 6.61 Å². The smallest absolute Gasteiger partial charge is 0.187 e. The molecule has 0 amide bonds. The number of hydrogen-bond donors (Lipinski definition) is 0. The summed E-state index contributed by atoms with van der Waals surface area (Å²) in [5.41, 5.74) is 0. The molecule has 1 rings (SSSR count). The molecule has 0 aromatic carbocycles. The molecule has 1 unspecified atom stereocenters. The van der Waals surface area contributed by atoms with Gasteiger partial charge in [-0.25, -0.2) is 0 Å². The van der Waals surface area contributed by atoms with Crippen LogP contribution in [0.15, 0.2) is 0 Å². The number of carbonyl (C=O) groups is 1. The van der Waals surface area contributed by atoms with E-state index in [1.54, 1.807) is 0 Å². The average Bonchev–Trinajstić information content (AvgIpc) is 1.79. The normalized spacial score (nSPS) is 27.6. The lowest BCUT2D eigenvalue weighted by atomic mass is 10.1. The van der Waals surface area contributed by atoms with Crippen LogP contribution in [0.2, 0.25) is 0 Å². The van der Waals surface area contributed by atoms with Crippen LogP contribution in [0.4, 0.5) is 0 Å². The van der Waals surface area contributed by atoms with Crippen molar-refractivity contribution in [2.45, 2.75) is 25.9 Å². The number of carbonyl (C=O) groups excluding carboxylic acids is 1. The molecule has 1 aliphatic heterocycles. The van der Waals surface area contributed by atoms with Gasteiger partial charge in [0.1, 0.15) is 12.7 Å². The van der Waals surface area contributed by atoms with Gasteiger partial charge in [-0.1, -0.05) is 13.3 Å². The lowest BCUT2D eigenvalue weighted by Crippen LogP contribution is -2.39. The molecule has 0 spiro atoms. The van der Waals surface area contributed by atoms with Crippen LogP contribution in [-0.4, -0.2) is 18.5 Å². The first kappa shape index (κ1) is 5.76. The second-order valence-corrected chi connectivity index (χ2v) is 2.05. The maximum atomic E-state index is 10.5. The van der Waals surface area contributed by atoms with Gasteiger partial charge in [0.15, 0.2) is 5.78 Å². The second-order valence-electron chi connectivity index (χ2n) is 2.05. The number of ether oxygens (including phenoxy) is 1. The molecule has 1 aliphatic rings. The molecular formula is C6H10O2. The van der Waals surface area contributed by atoms with E-state index in [2.05, 4.69) is 6.92 Å². The van der Waals surface area contributed by atoms with Crippen LogP contribution in [0.5, 0.6) is 0 Å².